The summed E-state index contributed by atoms with van der Waals surface area (Å²) in [7, 11) is -3.48. The zero-order valence-corrected chi connectivity index (χ0v) is 11.2. The molecule has 0 radical (unpaired) electrons. The van der Waals surface area contributed by atoms with Crippen LogP contribution in [0.5, 0.6) is 0 Å². The van der Waals surface area contributed by atoms with E-state index in [4.69, 9.17) is 0 Å². The molecule has 19 heavy (non-hydrogen) atoms. The topological polar surface area (TPSA) is 50.3 Å². The second-order valence-corrected chi connectivity index (χ2v) is 6.41. The maximum atomic E-state index is 12.5. The number of benzene rings is 1. The highest BCUT2D eigenvalue weighted by Crippen LogP contribution is 2.23. The molecule has 0 N–H and O–H groups in total. The van der Waals surface area contributed by atoms with E-state index >= 15 is 0 Å². The van der Waals surface area contributed by atoms with Crippen LogP contribution < -0.4 is 0 Å². The Morgan fingerprint density at radius 1 is 1.00 bits per heavy atom. The highest BCUT2D eigenvalue weighted by molar-refractivity contribution is 7.89. The van der Waals surface area contributed by atoms with Gasteiger partial charge in [0.05, 0.1) is 0 Å². The number of hydrogen-bond donors (Lipinski definition) is 0. The van der Waals surface area contributed by atoms with Gasteiger partial charge in [-0.15, -0.1) is 0 Å². The Morgan fingerprint density at radius 3 is 2.47 bits per heavy atom. The maximum absolute atomic E-state index is 12.5. The van der Waals surface area contributed by atoms with Crippen molar-refractivity contribution >= 4 is 10.0 Å². The first-order chi connectivity index (χ1) is 9.18. The van der Waals surface area contributed by atoms with E-state index in [1.165, 1.54) is 22.1 Å². The van der Waals surface area contributed by atoms with E-state index in [0.29, 0.717) is 13.1 Å². The van der Waals surface area contributed by atoms with Gasteiger partial charge >= 0.3 is 0 Å². The number of fused-ring (bicyclic) bond motifs is 1. The molecule has 0 aliphatic carbocycles. The maximum Gasteiger partial charge on any atom is 0.260 e. The average molecular weight is 274 g/mol. The molecule has 0 unspecified atom stereocenters. The number of rotatable bonds is 2. The summed E-state index contributed by atoms with van der Waals surface area (Å²) in [6.07, 6.45) is 2.26. The van der Waals surface area contributed by atoms with Crippen molar-refractivity contribution in [3.05, 3.63) is 59.8 Å². The van der Waals surface area contributed by atoms with Gasteiger partial charge in [-0.05, 0) is 29.7 Å². The lowest BCUT2D eigenvalue weighted by atomic mass is 10.0. The van der Waals surface area contributed by atoms with E-state index < -0.39 is 10.0 Å². The van der Waals surface area contributed by atoms with Gasteiger partial charge in [0, 0.05) is 19.3 Å². The molecular weight excluding hydrogens is 260 g/mol. The predicted molar refractivity (Wildman–Crippen MR) is 72.0 cm³/mol. The van der Waals surface area contributed by atoms with E-state index in [2.05, 4.69) is 11.1 Å². The smallest absolute Gasteiger partial charge is 0.243 e. The van der Waals surface area contributed by atoms with Gasteiger partial charge < -0.3 is 0 Å². The van der Waals surface area contributed by atoms with Crippen molar-refractivity contribution in [2.45, 2.75) is 18.0 Å². The normalized spacial score (nSPS) is 16.0. The Hall–Kier alpha value is -1.72. The molecule has 0 bridgehead atoms. The van der Waals surface area contributed by atoms with Gasteiger partial charge in [-0.1, -0.05) is 30.3 Å². The highest BCUT2D eigenvalue weighted by Gasteiger charge is 2.28. The van der Waals surface area contributed by atoms with E-state index in [1.807, 2.05) is 18.2 Å². The van der Waals surface area contributed by atoms with Crippen molar-refractivity contribution in [1.29, 1.82) is 0 Å². The molecule has 98 valence electrons. The average Bonchev–Trinajstić information content (AvgIpc) is 2.47. The van der Waals surface area contributed by atoms with Crippen LogP contribution in [-0.2, 0) is 23.0 Å². The van der Waals surface area contributed by atoms with E-state index in [9.17, 15) is 8.42 Å². The van der Waals surface area contributed by atoms with Gasteiger partial charge in [-0.25, -0.2) is 13.4 Å². The Balaban J connectivity index is 1.93. The molecule has 1 aromatic carbocycles. The predicted octanol–water partition coefficient (Wildman–Crippen LogP) is 1.83. The minimum atomic E-state index is -3.48. The van der Waals surface area contributed by atoms with Crippen LogP contribution in [0.15, 0.2) is 53.7 Å². The van der Waals surface area contributed by atoms with Crippen molar-refractivity contribution in [3.8, 4) is 0 Å². The number of pyridine rings is 1. The third-order valence-electron chi connectivity index (χ3n) is 3.34. The molecule has 1 aliphatic heterocycles. The van der Waals surface area contributed by atoms with Gasteiger partial charge in [0.2, 0.25) is 0 Å². The molecule has 1 aliphatic rings. The molecule has 0 amide bonds. The van der Waals surface area contributed by atoms with E-state index in [0.717, 1.165) is 12.0 Å². The Morgan fingerprint density at radius 2 is 1.74 bits per heavy atom. The molecule has 3 rings (SSSR count). The molecule has 1 aromatic heterocycles. The molecule has 5 heteroatoms. The first-order valence-electron chi connectivity index (χ1n) is 6.16. The minimum Gasteiger partial charge on any atom is -0.243 e. The first-order valence-corrected chi connectivity index (χ1v) is 7.60. The molecular formula is C14H14N2O2S. The summed E-state index contributed by atoms with van der Waals surface area (Å²) in [6, 6.07) is 12.9. The monoisotopic (exact) mass is 274 g/mol. The Bertz CT molecular complexity index is 684. The van der Waals surface area contributed by atoms with E-state index in [-0.39, 0.29) is 5.03 Å². The van der Waals surface area contributed by atoms with Crippen molar-refractivity contribution in [2.75, 3.05) is 6.54 Å². The fourth-order valence-corrected chi connectivity index (χ4v) is 3.66. The molecule has 4 nitrogen and oxygen atoms in total. The van der Waals surface area contributed by atoms with Crippen LogP contribution in [0.25, 0.3) is 0 Å². The second-order valence-electron chi connectivity index (χ2n) is 4.53. The third kappa shape index (κ3) is 2.27. The van der Waals surface area contributed by atoms with Crippen LogP contribution in [-0.4, -0.2) is 24.3 Å². The third-order valence-corrected chi connectivity index (χ3v) is 5.10. The zero-order chi connectivity index (χ0) is 13.3. The lowest BCUT2D eigenvalue weighted by Crippen LogP contribution is -2.36. The number of nitrogens with zero attached hydrogens (tertiary/aromatic N) is 2. The molecule has 0 spiro atoms. The first kappa shape index (κ1) is 12.3. The minimum absolute atomic E-state index is 0.120. The van der Waals surface area contributed by atoms with Crippen LogP contribution in [0.2, 0.25) is 0 Å². The number of aromatic nitrogens is 1. The Kier molecular flexibility index (Phi) is 3.08. The summed E-state index contributed by atoms with van der Waals surface area (Å²) in [5, 5.41) is 0.120. The summed E-state index contributed by atoms with van der Waals surface area (Å²) in [4.78, 5) is 3.95. The summed E-state index contributed by atoms with van der Waals surface area (Å²) >= 11 is 0. The quantitative estimate of drug-likeness (QED) is 0.839. The van der Waals surface area contributed by atoms with Gasteiger partial charge in [-0.2, -0.15) is 4.31 Å². The molecule has 0 saturated heterocycles. The van der Waals surface area contributed by atoms with Crippen LogP contribution in [0.3, 0.4) is 0 Å². The van der Waals surface area contributed by atoms with Crippen LogP contribution in [0, 0.1) is 0 Å². The number of sulfonamides is 1. The van der Waals surface area contributed by atoms with Crippen molar-refractivity contribution in [3.63, 3.8) is 0 Å². The zero-order valence-electron chi connectivity index (χ0n) is 10.4. The van der Waals surface area contributed by atoms with Gasteiger partial charge in [0.25, 0.3) is 10.0 Å². The molecule has 2 aromatic rings. The lowest BCUT2D eigenvalue weighted by Gasteiger charge is -2.27. The summed E-state index contributed by atoms with van der Waals surface area (Å²) in [5.41, 5.74) is 2.31. The SMILES string of the molecule is O=S(=O)(c1ccccn1)N1CCc2ccccc2C1. The van der Waals surface area contributed by atoms with Crippen LogP contribution in [0.1, 0.15) is 11.1 Å². The van der Waals surface area contributed by atoms with Gasteiger partial charge in [0.15, 0.2) is 5.03 Å². The fourth-order valence-electron chi connectivity index (χ4n) is 2.31. The van der Waals surface area contributed by atoms with Crippen molar-refractivity contribution < 1.29 is 8.42 Å². The van der Waals surface area contributed by atoms with E-state index in [1.54, 1.807) is 12.1 Å². The highest BCUT2D eigenvalue weighted by atomic mass is 32.2. The lowest BCUT2D eigenvalue weighted by molar-refractivity contribution is 0.389. The molecule has 0 atom stereocenters. The van der Waals surface area contributed by atoms with Gasteiger partial charge in [0.1, 0.15) is 0 Å². The Labute approximate surface area is 112 Å². The second kappa shape index (κ2) is 4.75. The molecule has 0 saturated carbocycles. The molecule has 0 fully saturated rings. The summed E-state index contributed by atoms with van der Waals surface area (Å²) < 4.78 is 26.4. The van der Waals surface area contributed by atoms with Gasteiger partial charge in [-0.3, -0.25) is 0 Å². The summed E-state index contributed by atoms with van der Waals surface area (Å²) in [6.45, 7) is 0.936. The summed E-state index contributed by atoms with van der Waals surface area (Å²) in [5.74, 6) is 0. The standard InChI is InChI=1S/C14H14N2O2S/c17-19(18,14-7-3-4-9-15-14)16-10-8-12-5-1-2-6-13(12)11-16/h1-7,9H,8,10-11H2. The van der Waals surface area contributed by atoms with Crippen LogP contribution >= 0.6 is 0 Å². The largest absolute Gasteiger partial charge is 0.260 e. The van der Waals surface area contributed by atoms with Crippen molar-refractivity contribution in [1.82, 2.24) is 9.29 Å². The molecule has 2 heterocycles. The van der Waals surface area contributed by atoms with Crippen molar-refractivity contribution in [2.24, 2.45) is 0 Å². The number of hydrogen-bond acceptors (Lipinski definition) is 3. The fraction of sp³-hybridized carbons (Fsp3) is 0.214. The van der Waals surface area contributed by atoms with Crippen LogP contribution in [0.4, 0.5) is 0 Å².